The molecule has 0 unspecified atom stereocenters. The standard InChI is InChI=1S/C17H18N4OS/c1-11-7-14-17(19-9-11)21(10-15(18)23)16(20-14)8-12-3-5-13(22-2)6-4-12/h3-7,9H,8,10H2,1-2H3,(H2,18,23). The highest BCUT2D eigenvalue weighted by Gasteiger charge is 2.13. The van der Waals surface area contributed by atoms with E-state index < -0.39 is 0 Å². The zero-order valence-electron chi connectivity index (χ0n) is 13.1. The first kappa shape index (κ1) is 15.4. The molecule has 0 saturated carbocycles. The number of aryl methyl sites for hydroxylation is 1. The van der Waals surface area contributed by atoms with Crippen molar-refractivity contribution in [2.75, 3.05) is 7.11 Å². The fourth-order valence-corrected chi connectivity index (χ4v) is 2.67. The Balaban J connectivity index is 2.02. The summed E-state index contributed by atoms with van der Waals surface area (Å²) in [4.78, 5) is 9.63. The fraction of sp³-hybridized carbons (Fsp3) is 0.235. The third-order valence-electron chi connectivity index (χ3n) is 3.64. The molecule has 2 heterocycles. The lowest BCUT2D eigenvalue weighted by molar-refractivity contribution is 0.414. The van der Waals surface area contributed by atoms with Crippen LogP contribution >= 0.6 is 12.2 Å². The molecule has 118 valence electrons. The third-order valence-corrected chi connectivity index (χ3v) is 3.77. The predicted octanol–water partition coefficient (Wildman–Crippen LogP) is 2.63. The van der Waals surface area contributed by atoms with Gasteiger partial charge in [-0.25, -0.2) is 9.97 Å². The van der Waals surface area contributed by atoms with E-state index in [1.807, 2.05) is 48.0 Å². The Hall–Kier alpha value is -2.47. The largest absolute Gasteiger partial charge is 0.497 e. The van der Waals surface area contributed by atoms with Crippen LogP contribution in [0.3, 0.4) is 0 Å². The molecule has 0 spiro atoms. The van der Waals surface area contributed by atoms with Crippen LogP contribution in [0.5, 0.6) is 5.75 Å². The van der Waals surface area contributed by atoms with E-state index in [9.17, 15) is 0 Å². The van der Waals surface area contributed by atoms with E-state index >= 15 is 0 Å². The minimum absolute atomic E-state index is 0.419. The molecule has 5 nitrogen and oxygen atoms in total. The first-order valence-electron chi connectivity index (χ1n) is 7.30. The Bertz CT molecular complexity index is 855. The quantitative estimate of drug-likeness (QED) is 0.730. The first-order valence-corrected chi connectivity index (χ1v) is 7.70. The Kier molecular flexibility index (Phi) is 4.25. The Morgan fingerprint density at radius 3 is 2.70 bits per heavy atom. The number of imidazole rings is 1. The van der Waals surface area contributed by atoms with Gasteiger partial charge in [-0.1, -0.05) is 24.4 Å². The first-order chi connectivity index (χ1) is 11.1. The monoisotopic (exact) mass is 326 g/mol. The molecule has 3 aromatic rings. The second-order valence-electron chi connectivity index (χ2n) is 5.46. The van der Waals surface area contributed by atoms with E-state index in [2.05, 4.69) is 4.98 Å². The summed E-state index contributed by atoms with van der Waals surface area (Å²) < 4.78 is 7.18. The summed E-state index contributed by atoms with van der Waals surface area (Å²) in [6.45, 7) is 2.44. The topological polar surface area (TPSA) is 66.0 Å². The molecule has 23 heavy (non-hydrogen) atoms. The van der Waals surface area contributed by atoms with Crippen LogP contribution in [0.15, 0.2) is 36.5 Å². The number of hydrogen-bond acceptors (Lipinski definition) is 4. The van der Waals surface area contributed by atoms with E-state index in [1.54, 1.807) is 7.11 Å². The van der Waals surface area contributed by atoms with E-state index in [4.69, 9.17) is 27.7 Å². The van der Waals surface area contributed by atoms with E-state index in [1.165, 1.54) is 0 Å². The summed E-state index contributed by atoms with van der Waals surface area (Å²) in [5.41, 5.74) is 9.64. The zero-order valence-corrected chi connectivity index (χ0v) is 13.9. The second kappa shape index (κ2) is 6.34. The maximum absolute atomic E-state index is 5.74. The Labute approximate surface area is 140 Å². The molecule has 2 N–H and O–H groups in total. The van der Waals surface area contributed by atoms with Crippen LogP contribution in [-0.2, 0) is 13.0 Å². The SMILES string of the molecule is COc1ccc(Cc2nc3cc(C)cnc3n2CC(N)=S)cc1. The normalized spacial score (nSPS) is 10.9. The molecule has 6 heteroatoms. The smallest absolute Gasteiger partial charge is 0.160 e. The van der Waals surface area contributed by atoms with Crippen molar-refractivity contribution in [3.63, 3.8) is 0 Å². The minimum Gasteiger partial charge on any atom is -0.497 e. The van der Waals surface area contributed by atoms with Crippen LogP contribution in [0.25, 0.3) is 11.2 Å². The summed E-state index contributed by atoms with van der Waals surface area (Å²) in [6, 6.07) is 9.97. The second-order valence-corrected chi connectivity index (χ2v) is 5.99. The molecule has 2 aromatic heterocycles. The number of thiocarbonyl (C=S) groups is 1. The molecule has 3 rings (SSSR count). The summed E-state index contributed by atoms with van der Waals surface area (Å²) in [5, 5.41) is 0. The molecule has 1 aromatic carbocycles. The van der Waals surface area contributed by atoms with Gasteiger partial charge in [0.2, 0.25) is 0 Å². The lowest BCUT2D eigenvalue weighted by atomic mass is 10.1. The lowest BCUT2D eigenvalue weighted by Gasteiger charge is -2.08. The molecule has 0 atom stereocenters. The molecule has 0 saturated heterocycles. The van der Waals surface area contributed by atoms with Gasteiger partial charge in [0, 0.05) is 12.6 Å². The van der Waals surface area contributed by atoms with E-state index in [0.717, 1.165) is 33.9 Å². The number of nitrogens with zero attached hydrogens (tertiary/aromatic N) is 3. The molecule has 0 fully saturated rings. The molecule has 0 radical (unpaired) electrons. The number of pyridine rings is 1. The third kappa shape index (κ3) is 3.32. The highest BCUT2D eigenvalue weighted by molar-refractivity contribution is 7.80. The van der Waals surface area contributed by atoms with Crippen molar-refractivity contribution in [3.8, 4) is 5.75 Å². The van der Waals surface area contributed by atoms with Crippen molar-refractivity contribution in [1.29, 1.82) is 0 Å². The Morgan fingerprint density at radius 2 is 2.04 bits per heavy atom. The van der Waals surface area contributed by atoms with Crippen molar-refractivity contribution in [1.82, 2.24) is 14.5 Å². The average Bonchev–Trinajstić information content (AvgIpc) is 2.84. The summed E-state index contributed by atoms with van der Waals surface area (Å²) in [5.74, 6) is 1.73. The minimum atomic E-state index is 0.419. The zero-order chi connectivity index (χ0) is 16.4. The Morgan fingerprint density at radius 1 is 1.30 bits per heavy atom. The maximum atomic E-state index is 5.74. The van der Waals surface area contributed by atoms with Crippen molar-refractivity contribution in [3.05, 3.63) is 53.5 Å². The molecule has 0 bridgehead atoms. The maximum Gasteiger partial charge on any atom is 0.160 e. The van der Waals surface area contributed by atoms with Gasteiger partial charge in [0.1, 0.15) is 17.1 Å². The van der Waals surface area contributed by atoms with Crippen molar-refractivity contribution < 1.29 is 4.74 Å². The summed E-state index contributed by atoms with van der Waals surface area (Å²) in [6.07, 6.45) is 2.51. The number of aromatic nitrogens is 3. The van der Waals surface area contributed by atoms with Gasteiger partial charge in [-0.05, 0) is 36.2 Å². The number of rotatable bonds is 5. The number of ether oxygens (including phenoxy) is 1. The van der Waals surface area contributed by atoms with Gasteiger partial charge >= 0.3 is 0 Å². The number of fused-ring (bicyclic) bond motifs is 1. The van der Waals surface area contributed by atoms with E-state index in [0.29, 0.717) is 18.0 Å². The van der Waals surface area contributed by atoms with Gasteiger partial charge in [-0.15, -0.1) is 0 Å². The number of benzene rings is 1. The molecular weight excluding hydrogens is 308 g/mol. The highest BCUT2D eigenvalue weighted by Crippen LogP contribution is 2.19. The van der Waals surface area contributed by atoms with Gasteiger partial charge in [0.25, 0.3) is 0 Å². The van der Waals surface area contributed by atoms with Gasteiger partial charge < -0.3 is 15.0 Å². The van der Waals surface area contributed by atoms with Gasteiger partial charge in [0.15, 0.2) is 5.65 Å². The van der Waals surface area contributed by atoms with E-state index in [-0.39, 0.29) is 0 Å². The van der Waals surface area contributed by atoms with Crippen molar-refractivity contribution in [2.24, 2.45) is 5.73 Å². The van der Waals surface area contributed by atoms with Crippen LogP contribution in [-0.4, -0.2) is 26.6 Å². The van der Waals surface area contributed by atoms with Gasteiger partial charge in [0.05, 0.1) is 18.6 Å². The fourth-order valence-electron chi connectivity index (χ4n) is 2.54. The van der Waals surface area contributed by atoms with Crippen LogP contribution < -0.4 is 10.5 Å². The van der Waals surface area contributed by atoms with Crippen LogP contribution in [0.1, 0.15) is 17.0 Å². The number of methoxy groups -OCH3 is 1. The predicted molar refractivity (Wildman–Crippen MR) is 94.9 cm³/mol. The summed E-state index contributed by atoms with van der Waals surface area (Å²) >= 11 is 5.07. The highest BCUT2D eigenvalue weighted by atomic mass is 32.1. The lowest BCUT2D eigenvalue weighted by Crippen LogP contribution is -2.18. The van der Waals surface area contributed by atoms with Crippen LogP contribution in [0, 0.1) is 6.92 Å². The van der Waals surface area contributed by atoms with Crippen molar-refractivity contribution in [2.45, 2.75) is 19.9 Å². The van der Waals surface area contributed by atoms with Gasteiger partial charge in [-0.2, -0.15) is 0 Å². The van der Waals surface area contributed by atoms with Crippen molar-refractivity contribution >= 4 is 28.4 Å². The number of nitrogens with two attached hydrogens (primary N) is 1. The molecule has 0 aliphatic rings. The van der Waals surface area contributed by atoms with Gasteiger partial charge in [-0.3, -0.25) is 0 Å². The van der Waals surface area contributed by atoms with Crippen LogP contribution in [0.2, 0.25) is 0 Å². The van der Waals surface area contributed by atoms with Crippen LogP contribution in [0.4, 0.5) is 0 Å². The number of hydrogen-bond donors (Lipinski definition) is 1. The molecule has 0 aliphatic heterocycles. The molecule has 0 amide bonds. The average molecular weight is 326 g/mol. The summed E-state index contributed by atoms with van der Waals surface area (Å²) in [7, 11) is 1.66. The molecule has 0 aliphatic carbocycles. The molecular formula is C17H18N4OS.